The van der Waals surface area contributed by atoms with Crippen LogP contribution in [0, 0.1) is 13.8 Å². The highest BCUT2D eigenvalue weighted by atomic mass is 16.2. The molecule has 5 heteroatoms. The first kappa shape index (κ1) is 21.6. The van der Waals surface area contributed by atoms with Gasteiger partial charge in [-0.2, -0.15) is 0 Å². The number of benzene rings is 3. The van der Waals surface area contributed by atoms with Crippen molar-refractivity contribution < 1.29 is 9.59 Å². The second-order valence-electron chi connectivity index (χ2n) is 8.32. The third-order valence-corrected chi connectivity index (χ3v) is 6.18. The van der Waals surface area contributed by atoms with Crippen molar-refractivity contribution in [1.82, 2.24) is 10.2 Å². The average Bonchev–Trinajstić information content (AvgIpc) is 2.83. The van der Waals surface area contributed by atoms with Gasteiger partial charge in [-0.05, 0) is 68.1 Å². The number of hydrogen-bond acceptors (Lipinski definition) is 3. The summed E-state index contributed by atoms with van der Waals surface area (Å²) in [6.07, 6.45) is 1.49. The number of rotatable bonds is 5. The van der Waals surface area contributed by atoms with Crippen LogP contribution in [-0.2, 0) is 0 Å². The van der Waals surface area contributed by atoms with Crippen LogP contribution in [0.4, 0.5) is 11.4 Å². The molecule has 0 bridgehead atoms. The van der Waals surface area contributed by atoms with Crippen LogP contribution in [0.25, 0.3) is 0 Å². The number of hydrogen-bond donors (Lipinski definition) is 2. The molecular weight excluding hydrogens is 398 g/mol. The molecule has 1 heterocycles. The van der Waals surface area contributed by atoms with E-state index in [1.54, 1.807) is 0 Å². The van der Waals surface area contributed by atoms with Gasteiger partial charge in [0.25, 0.3) is 11.8 Å². The molecule has 2 amide bonds. The molecule has 0 aliphatic carbocycles. The van der Waals surface area contributed by atoms with Crippen LogP contribution in [0.2, 0.25) is 0 Å². The molecule has 1 aliphatic heterocycles. The molecule has 0 aromatic heterocycles. The van der Waals surface area contributed by atoms with Gasteiger partial charge in [0.1, 0.15) is 0 Å². The Balaban J connectivity index is 1.40. The van der Waals surface area contributed by atoms with E-state index in [0.29, 0.717) is 24.2 Å². The minimum Gasteiger partial charge on any atom is -0.355 e. The van der Waals surface area contributed by atoms with Crippen LogP contribution >= 0.6 is 0 Å². The summed E-state index contributed by atoms with van der Waals surface area (Å²) < 4.78 is 0. The van der Waals surface area contributed by atoms with E-state index < -0.39 is 0 Å². The summed E-state index contributed by atoms with van der Waals surface area (Å²) >= 11 is 0. The van der Waals surface area contributed by atoms with Crippen LogP contribution < -0.4 is 10.6 Å². The van der Waals surface area contributed by atoms with Crippen molar-refractivity contribution in [2.45, 2.75) is 32.7 Å². The second-order valence-corrected chi connectivity index (χ2v) is 8.32. The molecule has 32 heavy (non-hydrogen) atoms. The summed E-state index contributed by atoms with van der Waals surface area (Å²) in [5, 5.41) is 6.55. The standard InChI is InChI=1S/C27H29N3O2/c1-19-9-8-14-24(20(19)2)29-25-13-7-6-12-23(25)27(32)30-17-15-22(16-18-30)28-26(31)21-10-4-3-5-11-21/h3-14,22,29H,15-18H2,1-2H3,(H,28,31). The normalized spacial score (nSPS) is 14.1. The van der Waals surface area contributed by atoms with Crippen LogP contribution in [0.15, 0.2) is 72.8 Å². The Kier molecular flexibility index (Phi) is 6.55. The molecule has 3 aromatic carbocycles. The highest BCUT2D eigenvalue weighted by molar-refractivity contribution is 6.00. The number of piperidine rings is 1. The molecule has 0 saturated carbocycles. The number of nitrogens with zero attached hydrogens (tertiary/aromatic N) is 1. The molecule has 4 rings (SSSR count). The van der Waals surface area contributed by atoms with E-state index in [-0.39, 0.29) is 17.9 Å². The van der Waals surface area contributed by atoms with Gasteiger partial charge in [-0.25, -0.2) is 0 Å². The van der Waals surface area contributed by atoms with Crippen LogP contribution in [0.3, 0.4) is 0 Å². The Labute approximate surface area is 189 Å². The van der Waals surface area contributed by atoms with Crippen molar-refractivity contribution in [3.63, 3.8) is 0 Å². The third kappa shape index (κ3) is 4.83. The van der Waals surface area contributed by atoms with E-state index in [0.717, 1.165) is 24.2 Å². The number of carbonyl (C=O) groups excluding carboxylic acids is 2. The molecule has 3 aromatic rings. The van der Waals surface area contributed by atoms with Crippen molar-refractivity contribution in [1.29, 1.82) is 0 Å². The zero-order valence-corrected chi connectivity index (χ0v) is 18.6. The molecule has 1 saturated heterocycles. The Hall–Kier alpha value is -3.60. The minimum atomic E-state index is -0.0570. The Morgan fingerprint density at radius 3 is 2.22 bits per heavy atom. The molecule has 5 nitrogen and oxygen atoms in total. The number of aryl methyl sites for hydroxylation is 1. The SMILES string of the molecule is Cc1cccc(Nc2ccccc2C(=O)N2CCC(NC(=O)c3ccccc3)CC2)c1C. The largest absolute Gasteiger partial charge is 0.355 e. The monoisotopic (exact) mass is 427 g/mol. The lowest BCUT2D eigenvalue weighted by atomic mass is 10.0. The predicted molar refractivity (Wildman–Crippen MR) is 128 cm³/mol. The fourth-order valence-corrected chi connectivity index (χ4v) is 4.07. The number of nitrogens with one attached hydrogen (secondary N) is 2. The highest BCUT2D eigenvalue weighted by Crippen LogP contribution is 2.27. The van der Waals surface area contributed by atoms with Gasteiger partial charge in [-0.15, -0.1) is 0 Å². The number of anilines is 2. The van der Waals surface area contributed by atoms with Crippen molar-refractivity contribution in [3.8, 4) is 0 Å². The lowest BCUT2D eigenvalue weighted by Crippen LogP contribution is -2.46. The van der Waals surface area contributed by atoms with Crippen molar-refractivity contribution in [2.75, 3.05) is 18.4 Å². The molecule has 1 fully saturated rings. The van der Waals surface area contributed by atoms with Gasteiger partial charge in [0.15, 0.2) is 0 Å². The molecule has 2 N–H and O–H groups in total. The van der Waals surface area contributed by atoms with Gasteiger partial charge >= 0.3 is 0 Å². The second kappa shape index (κ2) is 9.69. The predicted octanol–water partition coefficient (Wildman–Crippen LogP) is 5.08. The summed E-state index contributed by atoms with van der Waals surface area (Å²) in [5.74, 6) is -0.0373. The smallest absolute Gasteiger partial charge is 0.255 e. The topological polar surface area (TPSA) is 61.4 Å². The fraction of sp³-hybridized carbons (Fsp3) is 0.259. The highest BCUT2D eigenvalue weighted by Gasteiger charge is 2.26. The summed E-state index contributed by atoms with van der Waals surface area (Å²) in [6.45, 7) is 5.40. The Morgan fingerprint density at radius 1 is 0.812 bits per heavy atom. The van der Waals surface area contributed by atoms with Gasteiger partial charge in [-0.3, -0.25) is 9.59 Å². The molecule has 0 spiro atoms. The Morgan fingerprint density at radius 2 is 1.47 bits per heavy atom. The zero-order chi connectivity index (χ0) is 22.5. The summed E-state index contributed by atoms with van der Waals surface area (Å²) in [6, 6.07) is 23.1. The van der Waals surface area contributed by atoms with Crippen molar-refractivity contribution >= 4 is 23.2 Å². The van der Waals surface area contributed by atoms with Gasteiger partial charge in [0, 0.05) is 30.4 Å². The lowest BCUT2D eigenvalue weighted by Gasteiger charge is -2.33. The molecule has 0 radical (unpaired) electrons. The van der Waals surface area contributed by atoms with E-state index in [1.165, 1.54) is 11.1 Å². The maximum absolute atomic E-state index is 13.3. The maximum atomic E-state index is 13.3. The van der Waals surface area contributed by atoms with E-state index in [2.05, 4.69) is 30.5 Å². The van der Waals surface area contributed by atoms with E-state index in [9.17, 15) is 9.59 Å². The molecule has 1 aliphatic rings. The number of carbonyl (C=O) groups is 2. The molecule has 164 valence electrons. The van der Waals surface area contributed by atoms with E-state index in [4.69, 9.17) is 0 Å². The van der Waals surface area contributed by atoms with Crippen molar-refractivity contribution in [3.05, 3.63) is 95.1 Å². The number of para-hydroxylation sites is 1. The molecule has 0 unspecified atom stereocenters. The van der Waals surface area contributed by atoms with Crippen LogP contribution in [0.5, 0.6) is 0 Å². The first-order valence-corrected chi connectivity index (χ1v) is 11.1. The van der Waals surface area contributed by atoms with Gasteiger partial charge in [-0.1, -0.05) is 42.5 Å². The number of amides is 2. The van der Waals surface area contributed by atoms with Gasteiger partial charge in [0.2, 0.25) is 0 Å². The number of likely N-dealkylation sites (tertiary alicyclic amines) is 1. The Bertz CT molecular complexity index is 1100. The quantitative estimate of drug-likeness (QED) is 0.597. The average molecular weight is 428 g/mol. The first-order chi connectivity index (χ1) is 15.5. The summed E-state index contributed by atoms with van der Waals surface area (Å²) in [4.78, 5) is 27.6. The summed E-state index contributed by atoms with van der Waals surface area (Å²) in [5.41, 5.74) is 5.53. The molecular formula is C27H29N3O2. The minimum absolute atomic E-state index is 0.0197. The first-order valence-electron chi connectivity index (χ1n) is 11.1. The van der Waals surface area contributed by atoms with Crippen molar-refractivity contribution in [2.24, 2.45) is 0 Å². The zero-order valence-electron chi connectivity index (χ0n) is 18.6. The molecule has 0 atom stereocenters. The van der Waals surface area contributed by atoms with Crippen LogP contribution in [-0.4, -0.2) is 35.8 Å². The summed E-state index contributed by atoms with van der Waals surface area (Å²) in [7, 11) is 0. The lowest BCUT2D eigenvalue weighted by molar-refractivity contribution is 0.0699. The van der Waals surface area contributed by atoms with E-state index in [1.807, 2.05) is 71.6 Å². The third-order valence-electron chi connectivity index (χ3n) is 6.18. The van der Waals surface area contributed by atoms with Crippen LogP contribution in [0.1, 0.15) is 44.7 Å². The van der Waals surface area contributed by atoms with E-state index >= 15 is 0 Å². The fourth-order valence-electron chi connectivity index (χ4n) is 4.07. The maximum Gasteiger partial charge on any atom is 0.255 e. The van der Waals surface area contributed by atoms with Gasteiger partial charge in [0.05, 0.1) is 11.3 Å². The van der Waals surface area contributed by atoms with Gasteiger partial charge < -0.3 is 15.5 Å².